The number of nitrogens with zero attached hydrogens (tertiary/aromatic N) is 3. The van der Waals surface area contributed by atoms with Crippen molar-refractivity contribution < 1.29 is 47.9 Å². The number of carbonyl (C=O) groups excluding carboxylic acids is 3. The molecule has 3 saturated heterocycles. The second kappa shape index (κ2) is 13.1. The molecule has 0 bridgehead atoms. The van der Waals surface area contributed by atoms with E-state index in [9.17, 15) is 19.5 Å². The smallest absolute Gasteiger partial charge is 0.315 e. The number of aromatic hydroxyl groups is 1. The molecule has 50 heavy (non-hydrogen) atoms. The Bertz CT molecular complexity index is 1810. The summed E-state index contributed by atoms with van der Waals surface area (Å²) in [5.74, 6) is 0.180. The lowest BCUT2D eigenvalue weighted by atomic mass is 9.65. The van der Waals surface area contributed by atoms with Crippen LogP contribution in [0.1, 0.15) is 60.0 Å². The standard InChI is InChI=1S/C34H37N5O10S/c1-44-24-7-16(8-25(45-2)32(24)41)28-18-9-22-23(49-15-48-22)10-19(18)31(20-13-47-33(42)29(20)28)39-11-17(37-38-39)12-46-27(40)6-4-3-5-26-30-21(14-50-26)35-34(43)36-30/h7-11,20-21,26,28-31,41H,3-6,12-15H2,1-2H3,(H2,35,36,43)/t20-,21+,26-,28+,29+,30+,31+/m0/s1. The number of esters is 2. The number of aromatic nitrogens is 3. The lowest BCUT2D eigenvalue weighted by Crippen LogP contribution is -2.37. The number of cyclic esters (lactones) is 1. The molecule has 15 nitrogen and oxygen atoms in total. The van der Waals surface area contributed by atoms with Gasteiger partial charge in [0, 0.05) is 29.3 Å². The van der Waals surface area contributed by atoms with E-state index in [1.54, 1.807) is 23.0 Å². The van der Waals surface area contributed by atoms with Crippen molar-refractivity contribution in [1.82, 2.24) is 25.6 Å². The Morgan fingerprint density at radius 1 is 1.04 bits per heavy atom. The topological polar surface area (TPSA) is 182 Å². The Hall–Kier alpha value is -4.86. The van der Waals surface area contributed by atoms with E-state index in [4.69, 9.17) is 28.4 Å². The number of phenolic OH excluding ortho intramolecular Hbond substituents is 1. The van der Waals surface area contributed by atoms with Crippen molar-refractivity contribution >= 4 is 29.7 Å². The van der Waals surface area contributed by atoms with Gasteiger partial charge in [-0.2, -0.15) is 11.8 Å². The van der Waals surface area contributed by atoms with Crippen LogP contribution >= 0.6 is 11.8 Å². The van der Waals surface area contributed by atoms with Gasteiger partial charge in [-0.05, 0) is 53.8 Å². The maximum Gasteiger partial charge on any atom is 0.315 e. The molecule has 0 unspecified atom stereocenters. The summed E-state index contributed by atoms with van der Waals surface area (Å²) >= 11 is 1.86. The summed E-state index contributed by atoms with van der Waals surface area (Å²) in [6, 6.07) is 6.97. The van der Waals surface area contributed by atoms with Crippen molar-refractivity contribution in [3.8, 4) is 28.7 Å². The Morgan fingerprint density at radius 2 is 1.80 bits per heavy atom. The molecule has 2 amide bonds. The molecule has 3 N–H and O–H groups in total. The first kappa shape index (κ1) is 32.4. The Balaban J connectivity index is 0.998. The van der Waals surface area contributed by atoms with Crippen molar-refractivity contribution in [2.45, 2.75) is 61.6 Å². The van der Waals surface area contributed by atoms with Gasteiger partial charge in [0.25, 0.3) is 0 Å². The number of thioether (sulfide) groups is 1. The summed E-state index contributed by atoms with van der Waals surface area (Å²) in [5, 5.41) is 25.7. The van der Waals surface area contributed by atoms with Gasteiger partial charge in [-0.25, -0.2) is 9.48 Å². The van der Waals surface area contributed by atoms with E-state index in [1.165, 1.54) is 14.2 Å². The highest BCUT2D eigenvalue weighted by molar-refractivity contribution is 8.00. The number of carbonyl (C=O) groups is 3. The number of rotatable bonds is 11. The number of nitrogens with one attached hydrogen (secondary N) is 2. The number of urea groups is 1. The number of unbranched alkanes of at least 4 members (excludes halogenated alkanes) is 1. The molecule has 5 aliphatic rings. The van der Waals surface area contributed by atoms with E-state index in [-0.39, 0.29) is 79.6 Å². The number of phenols is 1. The number of ether oxygens (including phenoxy) is 6. The van der Waals surface area contributed by atoms with E-state index in [1.807, 2.05) is 23.9 Å². The number of methoxy groups -OCH3 is 2. The van der Waals surface area contributed by atoms with Crippen LogP contribution in [0.3, 0.4) is 0 Å². The molecule has 264 valence electrons. The molecule has 3 fully saturated rings. The average molecular weight is 708 g/mol. The Labute approximate surface area is 291 Å². The fourth-order valence-corrected chi connectivity index (χ4v) is 9.51. The van der Waals surface area contributed by atoms with Gasteiger partial charge in [-0.15, -0.1) is 5.10 Å². The fraction of sp³-hybridized carbons (Fsp3) is 0.500. The lowest BCUT2D eigenvalue weighted by Gasteiger charge is -2.39. The molecule has 3 aromatic rings. The normalized spacial score (nSPS) is 27.1. The van der Waals surface area contributed by atoms with Gasteiger partial charge >= 0.3 is 18.0 Å². The average Bonchev–Trinajstić information content (AvgIpc) is 3.96. The van der Waals surface area contributed by atoms with Crippen molar-refractivity contribution in [3.05, 3.63) is 52.8 Å². The molecule has 4 aliphatic heterocycles. The van der Waals surface area contributed by atoms with Gasteiger partial charge in [0.15, 0.2) is 23.0 Å². The quantitative estimate of drug-likeness (QED) is 0.150. The summed E-state index contributed by atoms with van der Waals surface area (Å²) in [7, 11) is 2.91. The molecule has 1 aromatic heterocycles. The van der Waals surface area contributed by atoms with Crippen molar-refractivity contribution in [2.24, 2.45) is 11.8 Å². The van der Waals surface area contributed by atoms with Crippen LogP contribution in [-0.4, -0.2) is 88.8 Å². The molecule has 2 aromatic carbocycles. The van der Waals surface area contributed by atoms with E-state index in [0.717, 1.165) is 29.7 Å². The monoisotopic (exact) mass is 707 g/mol. The third-order valence-corrected chi connectivity index (χ3v) is 11.8. The van der Waals surface area contributed by atoms with Gasteiger partial charge in [0.1, 0.15) is 12.3 Å². The number of benzene rings is 2. The first-order chi connectivity index (χ1) is 24.3. The highest BCUT2D eigenvalue weighted by Crippen LogP contribution is 2.56. The van der Waals surface area contributed by atoms with E-state index < -0.39 is 17.9 Å². The summed E-state index contributed by atoms with van der Waals surface area (Å²) < 4.78 is 35.4. The summed E-state index contributed by atoms with van der Waals surface area (Å²) in [6.07, 6.45) is 4.48. The molecule has 1 aliphatic carbocycles. The summed E-state index contributed by atoms with van der Waals surface area (Å²) in [5.41, 5.74) is 2.81. The first-order valence-corrected chi connectivity index (χ1v) is 17.7. The highest BCUT2D eigenvalue weighted by Gasteiger charge is 2.53. The number of hydrogen-bond acceptors (Lipinski definition) is 13. The van der Waals surface area contributed by atoms with Crippen LogP contribution in [0, 0.1) is 11.8 Å². The van der Waals surface area contributed by atoms with Crippen LogP contribution in [0.5, 0.6) is 28.7 Å². The zero-order valence-electron chi connectivity index (χ0n) is 27.5. The molecule has 0 radical (unpaired) electrons. The molecule has 16 heteroatoms. The number of fused-ring (bicyclic) bond motifs is 4. The summed E-state index contributed by atoms with van der Waals surface area (Å²) in [4.78, 5) is 37.8. The molecule has 7 atom stereocenters. The maximum atomic E-state index is 13.5. The number of hydrogen-bond donors (Lipinski definition) is 3. The highest BCUT2D eigenvalue weighted by atomic mass is 32.2. The number of amides is 2. The van der Waals surface area contributed by atoms with E-state index >= 15 is 0 Å². The molecule has 0 saturated carbocycles. The lowest BCUT2D eigenvalue weighted by molar-refractivity contribution is -0.145. The van der Waals surface area contributed by atoms with Gasteiger partial charge in [0.05, 0.1) is 51.1 Å². The summed E-state index contributed by atoms with van der Waals surface area (Å²) in [6.45, 7) is 0.176. The molecular formula is C34H37N5O10S. The van der Waals surface area contributed by atoms with Crippen LogP contribution in [0.25, 0.3) is 0 Å². The van der Waals surface area contributed by atoms with E-state index in [2.05, 4.69) is 20.9 Å². The third-order valence-electron chi connectivity index (χ3n) is 10.3. The van der Waals surface area contributed by atoms with Gasteiger partial charge in [-0.1, -0.05) is 11.6 Å². The van der Waals surface area contributed by atoms with Crippen LogP contribution in [0.15, 0.2) is 30.5 Å². The minimum atomic E-state index is -0.618. The van der Waals surface area contributed by atoms with Crippen LogP contribution in [-0.2, 0) is 25.7 Å². The minimum absolute atomic E-state index is 0.0429. The predicted octanol–water partition coefficient (Wildman–Crippen LogP) is 3.02. The Morgan fingerprint density at radius 3 is 2.56 bits per heavy atom. The first-order valence-electron chi connectivity index (χ1n) is 16.6. The third kappa shape index (κ3) is 5.68. The fourth-order valence-electron chi connectivity index (χ4n) is 7.97. The van der Waals surface area contributed by atoms with Gasteiger partial charge in [-0.3, -0.25) is 9.59 Å². The SMILES string of the molecule is COc1cc([C@@H]2c3cc4c(cc3[C@@H](n3cc(COC(=O)CCCC[C@@H]5SC[C@H]6NC(=O)N[C@@H]56)nn3)[C@H]3COC(=O)[C@@H]23)OCO4)cc(OC)c1O. The molecule has 8 rings (SSSR count). The zero-order chi connectivity index (χ0) is 34.5. The molecule has 5 heterocycles. The minimum Gasteiger partial charge on any atom is -0.502 e. The van der Waals surface area contributed by atoms with Crippen LogP contribution in [0.2, 0.25) is 0 Å². The molecular weight excluding hydrogens is 670 g/mol. The Kier molecular flexibility index (Phi) is 8.49. The molecule has 0 spiro atoms. The van der Waals surface area contributed by atoms with Crippen molar-refractivity contribution in [1.29, 1.82) is 0 Å². The largest absolute Gasteiger partial charge is 0.502 e. The van der Waals surface area contributed by atoms with Crippen molar-refractivity contribution in [2.75, 3.05) is 33.4 Å². The van der Waals surface area contributed by atoms with Crippen molar-refractivity contribution in [3.63, 3.8) is 0 Å². The van der Waals surface area contributed by atoms with Crippen LogP contribution in [0.4, 0.5) is 4.79 Å². The second-order valence-electron chi connectivity index (χ2n) is 13.1. The predicted molar refractivity (Wildman–Crippen MR) is 175 cm³/mol. The maximum absolute atomic E-state index is 13.5. The van der Waals surface area contributed by atoms with Gasteiger partial charge in [0.2, 0.25) is 12.5 Å². The zero-order valence-corrected chi connectivity index (χ0v) is 28.3. The van der Waals surface area contributed by atoms with E-state index in [0.29, 0.717) is 34.4 Å². The van der Waals surface area contributed by atoms with Crippen LogP contribution < -0.4 is 29.6 Å². The van der Waals surface area contributed by atoms with Gasteiger partial charge < -0.3 is 44.2 Å². The second-order valence-corrected chi connectivity index (χ2v) is 14.3.